The number of benzene rings is 2. The van der Waals surface area contributed by atoms with E-state index in [-0.39, 0.29) is 23.8 Å². The normalized spacial score (nSPS) is 17.8. The van der Waals surface area contributed by atoms with Gasteiger partial charge in [-0.3, -0.25) is 9.58 Å². The number of para-hydroxylation sites is 1. The van der Waals surface area contributed by atoms with E-state index < -0.39 is 35.4 Å². The van der Waals surface area contributed by atoms with Gasteiger partial charge in [-0.1, -0.05) is 24.3 Å². The highest BCUT2D eigenvalue weighted by Gasteiger charge is 2.43. The molecule has 2 aliphatic heterocycles. The van der Waals surface area contributed by atoms with Gasteiger partial charge >= 0.3 is 12.2 Å². The summed E-state index contributed by atoms with van der Waals surface area (Å²) in [6.45, 7) is 2.48. The molecule has 0 aliphatic carbocycles. The van der Waals surface area contributed by atoms with Gasteiger partial charge in [-0.2, -0.15) is 18.3 Å². The molecule has 196 valence electrons. The number of halogens is 5. The summed E-state index contributed by atoms with van der Waals surface area (Å²) < 4.78 is 71.5. The Hall–Kier alpha value is -3.63. The Balaban J connectivity index is 1.43. The lowest BCUT2D eigenvalue weighted by atomic mass is 9.97. The number of hydrogen-bond acceptors (Lipinski definition) is 3. The number of fused-ring (bicyclic) bond motifs is 1. The number of aromatic nitrogens is 2. The van der Waals surface area contributed by atoms with Gasteiger partial charge in [-0.25, -0.2) is 13.6 Å². The molecule has 3 heterocycles. The van der Waals surface area contributed by atoms with Crippen molar-refractivity contribution < 1.29 is 26.7 Å². The van der Waals surface area contributed by atoms with Crippen LogP contribution in [-0.4, -0.2) is 39.8 Å². The van der Waals surface area contributed by atoms with Crippen molar-refractivity contribution in [1.29, 1.82) is 0 Å². The molecule has 0 saturated carbocycles. The van der Waals surface area contributed by atoms with Gasteiger partial charge in [-0.05, 0) is 43.5 Å². The van der Waals surface area contributed by atoms with Crippen LogP contribution in [0.15, 0.2) is 48.7 Å². The average molecular weight is 520 g/mol. The number of alkyl halides is 3. The van der Waals surface area contributed by atoms with Crippen LogP contribution in [0, 0.1) is 11.6 Å². The van der Waals surface area contributed by atoms with Crippen LogP contribution in [0.1, 0.15) is 42.5 Å². The lowest BCUT2D eigenvalue weighted by Gasteiger charge is -2.44. The number of carbonyl (C=O) groups is 1. The largest absolute Gasteiger partial charge is 0.416 e. The minimum absolute atomic E-state index is 0.0216. The van der Waals surface area contributed by atoms with Gasteiger partial charge in [0, 0.05) is 37.9 Å². The Kier molecular flexibility index (Phi) is 6.33. The summed E-state index contributed by atoms with van der Waals surface area (Å²) in [6, 6.07) is 7.33. The number of urea groups is 1. The zero-order valence-electron chi connectivity index (χ0n) is 20.3. The molecule has 2 aliphatic rings. The van der Waals surface area contributed by atoms with Crippen molar-refractivity contribution >= 4 is 17.5 Å². The molecular weight excluding hydrogens is 493 g/mol. The average Bonchev–Trinajstić information content (AvgIpc) is 3.23. The van der Waals surface area contributed by atoms with E-state index in [9.17, 15) is 26.7 Å². The number of nitrogens with zero attached hydrogens (tertiary/aromatic N) is 5. The van der Waals surface area contributed by atoms with Crippen LogP contribution in [0.5, 0.6) is 0 Å². The SMILES string of the molecule is C[C@@H](c1ccccc1C(F)(F)F)N1C(=O)N(C2CCN(c3c(F)cccc3F)CC2)Cc2cn(C)nc21. The quantitative estimate of drug-likeness (QED) is 0.404. The van der Waals surface area contributed by atoms with Gasteiger partial charge in [0.25, 0.3) is 0 Å². The second-order valence-corrected chi connectivity index (χ2v) is 9.48. The number of amides is 2. The van der Waals surface area contributed by atoms with Crippen molar-refractivity contribution in [1.82, 2.24) is 14.7 Å². The first-order chi connectivity index (χ1) is 17.6. The molecule has 0 radical (unpaired) electrons. The summed E-state index contributed by atoms with van der Waals surface area (Å²) in [5.41, 5.74) is -0.183. The van der Waals surface area contributed by atoms with Crippen molar-refractivity contribution in [2.45, 2.75) is 44.6 Å². The van der Waals surface area contributed by atoms with Crippen molar-refractivity contribution in [3.63, 3.8) is 0 Å². The third-order valence-corrected chi connectivity index (χ3v) is 7.17. The van der Waals surface area contributed by atoms with Gasteiger partial charge in [0.15, 0.2) is 5.82 Å². The summed E-state index contributed by atoms with van der Waals surface area (Å²) in [5, 5.41) is 4.39. The molecule has 1 atom stereocenters. The van der Waals surface area contributed by atoms with Crippen LogP contribution in [-0.2, 0) is 19.8 Å². The summed E-state index contributed by atoms with van der Waals surface area (Å²) in [4.78, 5) is 18.4. The zero-order valence-corrected chi connectivity index (χ0v) is 20.3. The van der Waals surface area contributed by atoms with Crippen LogP contribution in [0.4, 0.5) is 38.3 Å². The highest BCUT2D eigenvalue weighted by molar-refractivity contribution is 5.94. The highest BCUT2D eigenvalue weighted by Crippen LogP contribution is 2.41. The van der Waals surface area contributed by atoms with Gasteiger partial charge in [0.05, 0.1) is 18.2 Å². The third-order valence-electron chi connectivity index (χ3n) is 7.17. The maximum Gasteiger partial charge on any atom is 0.416 e. The Labute approximate surface area is 210 Å². The van der Waals surface area contributed by atoms with E-state index in [1.165, 1.54) is 41.3 Å². The number of anilines is 2. The molecular formula is C26H26F5N5O. The van der Waals surface area contributed by atoms with E-state index in [2.05, 4.69) is 5.10 Å². The van der Waals surface area contributed by atoms with Crippen LogP contribution in [0.2, 0.25) is 0 Å². The van der Waals surface area contributed by atoms with E-state index in [0.29, 0.717) is 31.7 Å². The molecule has 0 N–H and O–H groups in total. The van der Waals surface area contributed by atoms with E-state index >= 15 is 0 Å². The topological polar surface area (TPSA) is 44.6 Å². The molecule has 0 spiro atoms. The highest BCUT2D eigenvalue weighted by atomic mass is 19.4. The fourth-order valence-electron chi connectivity index (χ4n) is 5.41. The number of rotatable bonds is 4. The second-order valence-electron chi connectivity index (χ2n) is 9.48. The fraction of sp³-hybridized carbons (Fsp3) is 0.385. The summed E-state index contributed by atoms with van der Waals surface area (Å²) in [7, 11) is 1.70. The first-order valence-corrected chi connectivity index (χ1v) is 12.0. The number of piperidine rings is 1. The number of aryl methyl sites for hydroxylation is 1. The molecule has 1 saturated heterocycles. The molecule has 0 unspecified atom stereocenters. The standard InChI is InChI=1S/C26H26F5N5O/c1-16(19-6-3-4-7-20(19)26(29,30)31)36-24-17(14-33(2)32-24)15-35(25(36)37)18-10-12-34(13-11-18)23-21(27)8-5-9-22(23)28/h3-9,14,16,18H,10-13,15H2,1-2H3/t16-/m0/s1. The minimum Gasteiger partial charge on any atom is -0.367 e. The van der Waals surface area contributed by atoms with Crippen molar-refractivity contribution in [2.75, 3.05) is 22.9 Å². The molecule has 1 fully saturated rings. The predicted octanol–water partition coefficient (Wildman–Crippen LogP) is 5.89. The Morgan fingerprint density at radius 3 is 2.30 bits per heavy atom. The smallest absolute Gasteiger partial charge is 0.367 e. The minimum atomic E-state index is -4.58. The van der Waals surface area contributed by atoms with E-state index in [1.54, 1.807) is 34.6 Å². The van der Waals surface area contributed by atoms with Crippen molar-refractivity contribution in [3.8, 4) is 0 Å². The monoisotopic (exact) mass is 519 g/mol. The lowest BCUT2D eigenvalue weighted by molar-refractivity contribution is -0.138. The van der Waals surface area contributed by atoms with Crippen LogP contribution in [0.3, 0.4) is 0 Å². The molecule has 2 amide bonds. The van der Waals surface area contributed by atoms with Crippen LogP contribution < -0.4 is 9.80 Å². The summed E-state index contributed by atoms with van der Waals surface area (Å²) >= 11 is 0. The Morgan fingerprint density at radius 1 is 1.00 bits per heavy atom. The van der Waals surface area contributed by atoms with Crippen molar-refractivity contribution in [2.24, 2.45) is 7.05 Å². The van der Waals surface area contributed by atoms with E-state index in [4.69, 9.17) is 0 Å². The van der Waals surface area contributed by atoms with Gasteiger partial charge in [-0.15, -0.1) is 0 Å². The molecule has 5 rings (SSSR count). The maximum absolute atomic E-state index is 14.3. The van der Waals surface area contributed by atoms with Gasteiger partial charge in [0.1, 0.15) is 17.3 Å². The molecule has 11 heteroatoms. The fourth-order valence-corrected chi connectivity index (χ4v) is 5.41. The number of hydrogen-bond donors (Lipinski definition) is 0. The lowest BCUT2D eigenvalue weighted by Crippen LogP contribution is -2.55. The Morgan fingerprint density at radius 2 is 1.65 bits per heavy atom. The van der Waals surface area contributed by atoms with E-state index in [0.717, 1.165) is 11.6 Å². The molecule has 2 aromatic carbocycles. The molecule has 3 aromatic rings. The zero-order chi connectivity index (χ0) is 26.5. The summed E-state index contributed by atoms with van der Waals surface area (Å²) in [5.74, 6) is -0.953. The van der Waals surface area contributed by atoms with Crippen molar-refractivity contribution in [3.05, 3.63) is 77.0 Å². The second kappa shape index (κ2) is 9.35. The first-order valence-electron chi connectivity index (χ1n) is 12.0. The summed E-state index contributed by atoms with van der Waals surface area (Å²) in [6.07, 6.45) is -1.91. The first kappa shape index (κ1) is 25.0. The number of carbonyl (C=O) groups excluding carboxylic acids is 1. The molecule has 6 nitrogen and oxygen atoms in total. The Bertz CT molecular complexity index is 1290. The molecule has 37 heavy (non-hydrogen) atoms. The molecule has 0 bridgehead atoms. The van der Waals surface area contributed by atoms with Gasteiger partial charge < -0.3 is 9.80 Å². The van der Waals surface area contributed by atoms with Crippen LogP contribution >= 0.6 is 0 Å². The van der Waals surface area contributed by atoms with Gasteiger partial charge in [0.2, 0.25) is 0 Å². The van der Waals surface area contributed by atoms with Crippen LogP contribution in [0.25, 0.3) is 0 Å². The van der Waals surface area contributed by atoms with E-state index in [1.807, 2.05) is 0 Å². The third kappa shape index (κ3) is 4.51. The maximum atomic E-state index is 14.3. The molecule has 1 aromatic heterocycles. The predicted molar refractivity (Wildman–Crippen MR) is 128 cm³/mol.